The minimum absolute atomic E-state index is 0.187. The summed E-state index contributed by atoms with van der Waals surface area (Å²) in [5.41, 5.74) is 5.89. The fourth-order valence-corrected chi connectivity index (χ4v) is 6.52. The number of carbonyl (C=O) groups is 1. The number of thiazole rings is 1. The average molecular weight is 591 g/mol. The number of carbonyl (C=O) groups excluding carboxylic acids is 1. The molecule has 1 aliphatic heterocycles. The molecule has 9 heteroatoms. The highest BCUT2D eigenvalue weighted by atomic mass is 32.1. The van der Waals surface area contributed by atoms with Crippen LogP contribution in [-0.2, 0) is 9.53 Å². The number of aryl methyl sites for hydroxylation is 1. The highest BCUT2D eigenvalue weighted by molar-refractivity contribution is 7.07. The average Bonchev–Trinajstić information content (AvgIpc) is 3.50. The maximum Gasteiger partial charge on any atom is 0.338 e. The highest BCUT2D eigenvalue weighted by Crippen LogP contribution is 2.36. The van der Waals surface area contributed by atoms with Gasteiger partial charge in [-0.1, -0.05) is 53.8 Å². The van der Waals surface area contributed by atoms with Gasteiger partial charge < -0.3 is 14.0 Å². The molecule has 0 unspecified atom stereocenters. The van der Waals surface area contributed by atoms with Gasteiger partial charge in [0.25, 0.3) is 5.56 Å². The molecular weight excluding hydrogens is 560 g/mol. The first-order valence-corrected chi connectivity index (χ1v) is 14.7. The topological polar surface area (TPSA) is 87.7 Å². The summed E-state index contributed by atoms with van der Waals surface area (Å²) in [5.74, 6) is 0.0937. The third-order valence-electron chi connectivity index (χ3n) is 7.44. The number of benzene rings is 2. The predicted molar refractivity (Wildman–Crippen MR) is 167 cm³/mol. The van der Waals surface area contributed by atoms with Crippen molar-refractivity contribution < 1.29 is 14.3 Å². The largest absolute Gasteiger partial charge is 0.497 e. The normalized spacial score (nSPS) is 14.8. The van der Waals surface area contributed by atoms with E-state index >= 15 is 0 Å². The van der Waals surface area contributed by atoms with E-state index in [0.29, 0.717) is 31.9 Å². The van der Waals surface area contributed by atoms with E-state index in [1.54, 1.807) is 24.8 Å². The fraction of sp³-hybridized carbons (Fsp3) is 0.176. The third-order valence-corrected chi connectivity index (χ3v) is 8.43. The van der Waals surface area contributed by atoms with Crippen molar-refractivity contribution in [3.8, 4) is 11.4 Å². The Balaban J connectivity index is 1.62. The highest BCUT2D eigenvalue weighted by Gasteiger charge is 2.35. The zero-order chi connectivity index (χ0) is 30.1. The van der Waals surface area contributed by atoms with Gasteiger partial charge in [0.1, 0.15) is 5.75 Å². The van der Waals surface area contributed by atoms with Crippen LogP contribution in [0.4, 0.5) is 0 Å². The summed E-state index contributed by atoms with van der Waals surface area (Å²) in [7, 11) is 1.59. The smallest absolute Gasteiger partial charge is 0.338 e. The van der Waals surface area contributed by atoms with Crippen LogP contribution in [0.3, 0.4) is 0 Å². The van der Waals surface area contributed by atoms with Crippen LogP contribution < -0.4 is 19.6 Å². The number of fused-ring (bicyclic) bond motifs is 1. The summed E-state index contributed by atoms with van der Waals surface area (Å²) in [6, 6.07) is 22.1. The standard InChI is InChI=1S/C34H30N4O4S/c1-5-42-33(40)29-30(23-11-7-6-8-12-23)36-34-38(31(29)24-13-9-15-27(18-24)41-4)32(39)28(43-34)19-25-17-21(2)37(22(25)3)26-14-10-16-35-20-26/h6-20,31H,5H2,1-4H3/b28-19+/t31-/m0/s1. The number of aromatic nitrogens is 3. The van der Waals surface area contributed by atoms with Crippen molar-refractivity contribution in [1.82, 2.24) is 14.1 Å². The van der Waals surface area contributed by atoms with Crippen molar-refractivity contribution in [3.05, 3.63) is 139 Å². The third kappa shape index (κ3) is 5.12. The van der Waals surface area contributed by atoms with Crippen LogP contribution in [0.25, 0.3) is 17.5 Å². The van der Waals surface area contributed by atoms with E-state index in [2.05, 4.69) is 15.6 Å². The summed E-state index contributed by atoms with van der Waals surface area (Å²) in [5, 5.41) is 0. The van der Waals surface area contributed by atoms with E-state index in [9.17, 15) is 9.59 Å². The van der Waals surface area contributed by atoms with Gasteiger partial charge in [-0.2, -0.15) is 0 Å². The van der Waals surface area contributed by atoms with Crippen molar-refractivity contribution in [2.24, 2.45) is 4.99 Å². The van der Waals surface area contributed by atoms with Gasteiger partial charge in [-0.05, 0) is 68.3 Å². The Hall–Kier alpha value is -5.02. The van der Waals surface area contributed by atoms with Gasteiger partial charge in [0.05, 0.1) is 47.4 Å². The van der Waals surface area contributed by atoms with Crippen molar-refractivity contribution in [1.29, 1.82) is 0 Å². The first kappa shape index (κ1) is 28.1. The molecule has 2 aromatic carbocycles. The van der Waals surface area contributed by atoms with Crippen LogP contribution in [0.2, 0.25) is 0 Å². The number of nitrogens with zero attached hydrogens (tertiary/aromatic N) is 4. The Morgan fingerprint density at radius 3 is 2.58 bits per heavy atom. The molecule has 0 saturated carbocycles. The molecule has 3 aromatic heterocycles. The van der Waals surface area contributed by atoms with E-state index in [1.807, 2.05) is 92.9 Å². The summed E-state index contributed by atoms with van der Waals surface area (Å²) < 4.78 is 15.3. The lowest BCUT2D eigenvalue weighted by Gasteiger charge is -2.26. The Labute approximate surface area is 252 Å². The lowest BCUT2D eigenvalue weighted by Crippen LogP contribution is -2.40. The molecule has 1 atom stereocenters. The van der Waals surface area contributed by atoms with Crippen molar-refractivity contribution >= 4 is 29.1 Å². The molecule has 4 heterocycles. The van der Waals surface area contributed by atoms with Crippen LogP contribution in [0.15, 0.2) is 101 Å². The Morgan fingerprint density at radius 2 is 1.86 bits per heavy atom. The molecule has 0 N–H and O–H groups in total. The summed E-state index contributed by atoms with van der Waals surface area (Å²) >= 11 is 1.30. The van der Waals surface area contributed by atoms with Crippen LogP contribution in [0.5, 0.6) is 5.75 Å². The predicted octanol–water partition coefficient (Wildman–Crippen LogP) is 4.75. The van der Waals surface area contributed by atoms with E-state index in [1.165, 1.54) is 11.3 Å². The monoisotopic (exact) mass is 590 g/mol. The molecule has 6 rings (SSSR count). The lowest BCUT2D eigenvalue weighted by molar-refractivity contribution is -0.138. The maximum atomic E-state index is 14.3. The molecule has 0 saturated heterocycles. The number of ether oxygens (including phenoxy) is 2. The SMILES string of the molecule is CCOC(=O)C1=C(c2ccccc2)N=c2s/c(=C/c3cc(C)n(-c4cccnc4)c3C)c(=O)n2[C@H]1c1cccc(OC)c1. The van der Waals surface area contributed by atoms with E-state index in [0.717, 1.165) is 28.2 Å². The summed E-state index contributed by atoms with van der Waals surface area (Å²) in [4.78, 5) is 37.6. The second-order valence-electron chi connectivity index (χ2n) is 10.1. The lowest BCUT2D eigenvalue weighted by atomic mass is 9.93. The molecule has 0 spiro atoms. The van der Waals surface area contributed by atoms with Gasteiger partial charge in [0.2, 0.25) is 0 Å². The van der Waals surface area contributed by atoms with Crippen molar-refractivity contribution in [3.63, 3.8) is 0 Å². The second-order valence-corrected chi connectivity index (χ2v) is 11.1. The van der Waals surface area contributed by atoms with Gasteiger partial charge >= 0.3 is 5.97 Å². The first-order chi connectivity index (χ1) is 20.9. The zero-order valence-electron chi connectivity index (χ0n) is 24.3. The van der Waals surface area contributed by atoms with Crippen LogP contribution in [-0.4, -0.2) is 33.8 Å². The van der Waals surface area contributed by atoms with Crippen LogP contribution >= 0.6 is 11.3 Å². The molecule has 8 nitrogen and oxygen atoms in total. The van der Waals surface area contributed by atoms with E-state index in [4.69, 9.17) is 14.5 Å². The van der Waals surface area contributed by atoms with Crippen LogP contribution in [0.1, 0.15) is 41.0 Å². The van der Waals surface area contributed by atoms with E-state index < -0.39 is 12.0 Å². The molecule has 0 radical (unpaired) electrons. The Kier molecular flexibility index (Phi) is 7.65. The maximum absolute atomic E-state index is 14.3. The molecule has 0 bridgehead atoms. The van der Waals surface area contributed by atoms with Gasteiger partial charge in [-0.3, -0.25) is 14.3 Å². The van der Waals surface area contributed by atoms with Crippen molar-refractivity contribution in [2.75, 3.05) is 13.7 Å². The number of hydrogen-bond acceptors (Lipinski definition) is 7. The number of pyridine rings is 1. The first-order valence-electron chi connectivity index (χ1n) is 13.9. The molecular formula is C34H30N4O4S. The van der Waals surface area contributed by atoms with Gasteiger partial charge in [0, 0.05) is 23.1 Å². The molecule has 216 valence electrons. The van der Waals surface area contributed by atoms with Crippen molar-refractivity contribution in [2.45, 2.75) is 26.8 Å². The molecule has 43 heavy (non-hydrogen) atoms. The Bertz CT molecular complexity index is 2040. The molecule has 0 fully saturated rings. The van der Waals surface area contributed by atoms with Gasteiger partial charge in [-0.15, -0.1) is 0 Å². The fourth-order valence-electron chi connectivity index (χ4n) is 5.53. The van der Waals surface area contributed by atoms with E-state index in [-0.39, 0.29) is 12.2 Å². The number of hydrogen-bond donors (Lipinski definition) is 0. The molecule has 1 aliphatic rings. The Morgan fingerprint density at radius 1 is 1.05 bits per heavy atom. The number of methoxy groups -OCH3 is 1. The summed E-state index contributed by atoms with van der Waals surface area (Å²) in [6.07, 6.45) is 5.46. The number of rotatable bonds is 7. The molecule has 0 amide bonds. The van der Waals surface area contributed by atoms with Gasteiger partial charge in [-0.25, -0.2) is 9.79 Å². The molecule has 0 aliphatic carbocycles. The zero-order valence-corrected chi connectivity index (χ0v) is 25.1. The summed E-state index contributed by atoms with van der Waals surface area (Å²) in [6.45, 7) is 6.00. The number of esters is 1. The molecule has 5 aromatic rings. The second kappa shape index (κ2) is 11.7. The van der Waals surface area contributed by atoms with Crippen LogP contribution in [0, 0.1) is 13.8 Å². The minimum Gasteiger partial charge on any atom is -0.497 e. The minimum atomic E-state index is -0.773. The quantitative estimate of drug-likeness (QED) is 0.256. The van der Waals surface area contributed by atoms with Gasteiger partial charge in [0.15, 0.2) is 4.80 Å².